The third-order valence-electron chi connectivity index (χ3n) is 5.80. The minimum atomic E-state index is -0.593. The fraction of sp³-hybridized carbons (Fsp3) is 0.115. The lowest BCUT2D eigenvalue weighted by Crippen LogP contribution is -2.36. The van der Waals surface area contributed by atoms with Crippen molar-refractivity contribution in [3.05, 3.63) is 94.0 Å². The van der Waals surface area contributed by atoms with Crippen molar-refractivity contribution in [1.82, 2.24) is 25.4 Å². The lowest BCUT2D eigenvalue weighted by atomic mass is 10.1. The van der Waals surface area contributed by atoms with Crippen molar-refractivity contribution in [1.29, 1.82) is 0 Å². The van der Waals surface area contributed by atoms with Crippen molar-refractivity contribution in [2.24, 2.45) is 0 Å². The number of anilines is 1. The van der Waals surface area contributed by atoms with Gasteiger partial charge in [0.05, 0.1) is 39.2 Å². The van der Waals surface area contributed by atoms with Gasteiger partial charge >= 0.3 is 0 Å². The zero-order chi connectivity index (χ0) is 26.8. The molecule has 1 saturated heterocycles. The maximum absolute atomic E-state index is 13.4. The number of hydrogen-bond donors (Lipinski definition) is 3. The quantitative estimate of drug-likeness (QED) is 0.330. The Labute approximate surface area is 226 Å². The standard InChI is InChI=1S/C26H19Cl2FN6O3/c27-19-10-20(28)18(9-17(19)21-7-6-14(29)12-30-21)25(37)33-23-11-22(26(38)32-15-8-24(36)31-13-15)34-35(23)16-4-2-1-3-5-16/h1-7,9-12,15H,8,13H2,(H,31,36)(H,32,38)(H,33,37)/t15-/m0/s1. The van der Waals surface area contributed by atoms with Gasteiger partial charge in [-0.1, -0.05) is 41.4 Å². The molecule has 1 atom stereocenters. The average molecular weight is 553 g/mol. The Bertz CT molecular complexity index is 1540. The van der Waals surface area contributed by atoms with Gasteiger partial charge in [-0.3, -0.25) is 19.4 Å². The van der Waals surface area contributed by atoms with Crippen LogP contribution in [0.2, 0.25) is 10.0 Å². The molecule has 2 aromatic carbocycles. The normalized spacial score (nSPS) is 14.7. The first-order chi connectivity index (χ1) is 18.3. The molecular formula is C26H19Cl2FN6O3. The number of benzene rings is 2. The molecule has 0 saturated carbocycles. The second-order valence-corrected chi connectivity index (χ2v) is 9.28. The molecule has 3 N–H and O–H groups in total. The molecule has 38 heavy (non-hydrogen) atoms. The molecule has 3 amide bonds. The molecule has 1 aliphatic heterocycles. The first kappa shape index (κ1) is 25.4. The number of pyridine rings is 1. The summed E-state index contributed by atoms with van der Waals surface area (Å²) in [4.78, 5) is 41.7. The smallest absolute Gasteiger partial charge is 0.272 e. The van der Waals surface area contributed by atoms with Gasteiger partial charge in [-0.15, -0.1) is 0 Å². The molecule has 12 heteroatoms. The van der Waals surface area contributed by atoms with E-state index in [2.05, 4.69) is 26.0 Å². The van der Waals surface area contributed by atoms with Gasteiger partial charge < -0.3 is 16.0 Å². The van der Waals surface area contributed by atoms with E-state index in [9.17, 15) is 18.8 Å². The molecule has 0 aliphatic carbocycles. The largest absolute Gasteiger partial charge is 0.354 e. The predicted octanol–water partition coefficient (Wildman–Crippen LogP) is 4.25. The molecule has 1 fully saturated rings. The van der Waals surface area contributed by atoms with E-state index in [0.717, 1.165) is 6.20 Å². The summed E-state index contributed by atoms with van der Waals surface area (Å²) in [6.07, 6.45) is 1.22. The Morgan fingerprint density at radius 3 is 2.50 bits per heavy atom. The van der Waals surface area contributed by atoms with Crippen molar-refractivity contribution in [3.8, 4) is 16.9 Å². The summed E-state index contributed by atoms with van der Waals surface area (Å²) in [7, 11) is 0. The van der Waals surface area contributed by atoms with Gasteiger partial charge in [-0.25, -0.2) is 9.07 Å². The van der Waals surface area contributed by atoms with Crippen LogP contribution >= 0.6 is 23.2 Å². The Kier molecular flexibility index (Phi) is 7.08. The number of nitrogens with one attached hydrogen (secondary N) is 3. The van der Waals surface area contributed by atoms with Crippen molar-refractivity contribution >= 4 is 46.7 Å². The highest BCUT2D eigenvalue weighted by molar-refractivity contribution is 6.38. The minimum absolute atomic E-state index is 0.0434. The van der Waals surface area contributed by atoms with Crippen LogP contribution in [0.4, 0.5) is 10.2 Å². The van der Waals surface area contributed by atoms with Gasteiger partial charge in [0, 0.05) is 24.6 Å². The number of aromatic nitrogens is 3. The number of amides is 3. The monoisotopic (exact) mass is 552 g/mol. The van der Waals surface area contributed by atoms with Crippen LogP contribution in [0.25, 0.3) is 16.9 Å². The van der Waals surface area contributed by atoms with Crippen LogP contribution in [0.15, 0.2) is 66.9 Å². The van der Waals surface area contributed by atoms with E-state index in [-0.39, 0.29) is 45.5 Å². The summed E-state index contributed by atoms with van der Waals surface area (Å²) < 4.78 is 14.8. The second-order valence-electron chi connectivity index (χ2n) is 8.47. The van der Waals surface area contributed by atoms with Crippen LogP contribution in [0.1, 0.15) is 27.3 Å². The van der Waals surface area contributed by atoms with Gasteiger partial charge in [-0.05, 0) is 36.4 Å². The molecule has 3 heterocycles. The van der Waals surface area contributed by atoms with E-state index in [1.54, 1.807) is 24.3 Å². The Balaban J connectivity index is 1.46. The van der Waals surface area contributed by atoms with Gasteiger partial charge in [-0.2, -0.15) is 5.10 Å². The SMILES string of the molecule is O=C1C[C@H](NC(=O)c2cc(NC(=O)c3cc(-c4ccc(F)cn4)c(Cl)cc3Cl)n(-c3ccccc3)n2)CN1. The fourth-order valence-corrected chi connectivity index (χ4v) is 4.52. The first-order valence-corrected chi connectivity index (χ1v) is 12.2. The van der Waals surface area contributed by atoms with Crippen molar-refractivity contribution in [2.45, 2.75) is 12.5 Å². The van der Waals surface area contributed by atoms with Gasteiger partial charge in [0.1, 0.15) is 11.6 Å². The highest BCUT2D eigenvalue weighted by Crippen LogP contribution is 2.32. The number of rotatable bonds is 6. The van der Waals surface area contributed by atoms with Crippen LogP contribution in [-0.2, 0) is 4.79 Å². The number of hydrogen-bond acceptors (Lipinski definition) is 5. The molecule has 9 nitrogen and oxygen atoms in total. The van der Waals surface area contributed by atoms with Crippen LogP contribution in [0, 0.1) is 5.82 Å². The predicted molar refractivity (Wildman–Crippen MR) is 140 cm³/mol. The number of carbonyl (C=O) groups is 3. The number of nitrogens with zero attached hydrogens (tertiary/aromatic N) is 3. The minimum Gasteiger partial charge on any atom is -0.354 e. The fourth-order valence-electron chi connectivity index (χ4n) is 3.95. The Morgan fingerprint density at radius 1 is 1.03 bits per heavy atom. The van der Waals surface area contributed by atoms with E-state index in [0.29, 0.717) is 23.5 Å². The molecular weight excluding hydrogens is 534 g/mol. The highest BCUT2D eigenvalue weighted by atomic mass is 35.5. The van der Waals surface area contributed by atoms with E-state index < -0.39 is 17.6 Å². The lowest BCUT2D eigenvalue weighted by Gasteiger charge is -2.12. The molecule has 0 bridgehead atoms. The Morgan fingerprint density at radius 2 is 1.82 bits per heavy atom. The second kappa shape index (κ2) is 10.6. The third-order valence-corrected chi connectivity index (χ3v) is 6.43. The molecule has 0 radical (unpaired) electrons. The number of halogens is 3. The summed E-state index contributed by atoms with van der Waals surface area (Å²) in [5.41, 5.74) is 1.47. The topological polar surface area (TPSA) is 118 Å². The zero-order valence-corrected chi connectivity index (χ0v) is 21.1. The van der Waals surface area contributed by atoms with Crippen LogP contribution in [0.5, 0.6) is 0 Å². The van der Waals surface area contributed by atoms with E-state index in [1.165, 1.54) is 35.0 Å². The lowest BCUT2D eigenvalue weighted by molar-refractivity contribution is -0.119. The summed E-state index contributed by atoms with van der Waals surface area (Å²) in [6.45, 7) is 0.327. The highest BCUT2D eigenvalue weighted by Gasteiger charge is 2.26. The molecule has 5 rings (SSSR count). The molecule has 192 valence electrons. The summed E-state index contributed by atoms with van der Waals surface area (Å²) in [5.74, 6) is -1.54. The van der Waals surface area contributed by atoms with Crippen LogP contribution in [-0.4, -0.2) is 45.1 Å². The molecule has 4 aromatic rings. The summed E-state index contributed by atoms with van der Waals surface area (Å²) in [5, 5.41) is 12.9. The summed E-state index contributed by atoms with van der Waals surface area (Å²) >= 11 is 12.7. The van der Waals surface area contributed by atoms with Crippen LogP contribution < -0.4 is 16.0 Å². The molecule has 1 aliphatic rings. The molecule has 0 unspecified atom stereocenters. The molecule has 2 aromatic heterocycles. The number of para-hydroxylation sites is 1. The number of carbonyl (C=O) groups excluding carboxylic acids is 3. The Hall–Kier alpha value is -4.28. The zero-order valence-electron chi connectivity index (χ0n) is 19.5. The maximum atomic E-state index is 13.4. The van der Waals surface area contributed by atoms with Crippen molar-refractivity contribution in [2.75, 3.05) is 11.9 Å². The van der Waals surface area contributed by atoms with Crippen molar-refractivity contribution < 1.29 is 18.8 Å². The van der Waals surface area contributed by atoms with Crippen molar-refractivity contribution in [3.63, 3.8) is 0 Å². The average Bonchev–Trinajstić information content (AvgIpc) is 3.51. The van der Waals surface area contributed by atoms with E-state index >= 15 is 0 Å². The molecule has 0 spiro atoms. The van der Waals surface area contributed by atoms with E-state index in [1.807, 2.05) is 6.07 Å². The van der Waals surface area contributed by atoms with Gasteiger partial charge in [0.15, 0.2) is 5.69 Å². The maximum Gasteiger partial charge on any atom is 0.272 e. The van der Waals surface area contributed by atoms with E-state index in [4.69, 9.17) is 23.2 Å². The van der Waals surface area contributed by atoms with Gasteiger partial charge in [0.2, 0.25) is 5.91 Å². The summed E-state index contributed by atoms with van der Waals surface area (Å²) in [6, 6.07) is 15.5. The third kappa shape index (κ3) is 5.36. The first-order valence-electron chi connectivity index (χ1n) is 11.4. The van der Waals surface area contributed by atoms with Gasteiger partial charge in [0.25, 0.3) is 11.8 Å². The van der Waals surface area contributed by atoms with Crippen LogP contribution in [0.3, 0.4) is 0 Å².